The van der Waals surface area contributed by atoms with Crippen LogP contribution in [0.1, 0.15) is 37.2 Å². The number of non-ortho nitro benzene ring substituents is 1. The van der Waals surface area contributed by atoms with Crippen LogP contribution in [0.5, 0.6) is 0 Å². The molecule has 0 bridgehead atoms. The highest BCUT2D eigenvalue weighted by Gasteiger charge is 2.28. The van der Waals surface area contributed by atoms with Crippen LogP contribution in [0.3, 0.4) is 0 Å². The number of hydrogen-bond acceptors (Lipinski definition) is 7. The van der Waals surface area contributed by atoms with Crippen LogP contribution in [-0.4, -0.2) is 56.2 Å². The van der Waals surface area contributed by atoms with Crippen LogP contribution in [-0.2, 0) is 13.0 Å². The Morgan fingerprint density at radius 2 is 1.75 bits per heavy atom. The molecule has 0 amide bonds. The SMILES string of the molecule is CCC[C@@H](c1nnnn1CCc1ccccc1)N1CCN(c2ccc([N+](=O)[O-])cc2)CC1. The Morgan fingerprint density at radius 1 is 1.03 bits per heavy atom. The molecule has 1 aromatic heterocycles. The smallest absolute Gasteiger partial charge is 0.269 e. The summed E-state index contributed by atoms with van der Waals surface area (Å²) in [5.74, 6) is 0.937. The summed E-state index contributed by atoms with van der Waals surface area (Å²) in [7, 11) is 0. The quantitative estimate of drug-likeness (QED) is 0.375. The van der Waals surface area contributed by atoms with Gasteiger partial charge in [-0.15, -0.1) is 5.10 Å². The second-order valence-corrected chi connectivity index (χ2v) is 8.10. The summed E-state index contributed by atoms with van der Waals surface area (Å²) < 4.78 is 1.95. The van der Waals surface area contributed by atoms with Gasteiger partial charge in [0.2, 0.25) is 0 Å². The number of nitrogens with zero attached hydrogens (tertiary/aromatic N) is 7. The van der Waals surface area contributed by atoms with E-state index < -0.39 is 0 Å². The zero-order valence-corrected chi connectivity index (χ0v) is 18.4. The first kappa shape index (κ1) is 21.9. The van der Waals surface area contributed by atoms with Crippen LogP contribution in [0.2, 0.25) is 0 Å². The molecule has 3 aromatic rings. The Hall–Kier alpha value is -3.33. The van der Waals surface area contributed by atoms with Gasteiger partial charge < -0.3 is 4.90 Å². The molecule has 1 atom stereocenters. The van der Waals surface area contributed by atoms with E-state index in [0.29, 0.717) is 0 Å². The first-order valence-electron chi connectivity index (χ1n) is 11.2. The van der Waals surface area contributed by atoms with Gasteiger partial charge in [-0.2, -0.15) is 0 Å². The lowest BCUT2D eigenvalue weighted by molar-refractivity contribution is -0.384. The van der Waals surface area contributed by atoms with Crippen LogP contribution in [0.25, 0.3) is 0 Å². The molecule has 1 aliphatic heterocycles. The van der Waals surface area contributed by atoms with Gasteiger partial charge in [-0.05, 0) is 41.0 Å². The van der Waals surface area contributed by atoms with Crippen molar-refractivity contribution < 1.29 is 4.92 Å². The van der Waals surface area contributed by atoms with E-state index in [1.807, 2.05) is 22.9 Å². The monoisotopic (exact) mass is 435 g/mol. The predicted molar refractivity (Wildman–Crippen MR) is 122 cm³/mol. The minimum absolute atomic E-state index is 0.123. The lowest BCUT2D eigenvalue weighted by atomic mass is 10.1. The van der Waals surface area contributed by atoms with Gasteiger partial charge in [0.15, 0.2) is 5.82 Å². The second-order valence-electron chi connectivity index (χ2n) is 8.10. The summed E-state index contributed by atoms with van der Waals surface area (Å²) in [6.45, 7) is 6.47. The Bertz CT molecular complexity index is 999. The van der Waals surface area contributed by atoms with Crippen molar-refractivity contribution in [2.24, 2.45) is 0 Å². The molecule has 1 fully saturated rings. The van der Waals surface area contributed by atoms with Crippen LogP contribution in [0, 0.1) is 10.1 Å². The molecule has 168 valence electrons. The molecule has 0 aliphatic carbocycles. The van der Waals surface area contributed by atoms with E-state index in [0.717, 1.165) is 63.5 Å². The number of piperazine rings is 1. The van der Waals surface area contributed by atoms with Gasteiger partial charge in [0.1, 0.15) is 0 Å². The summed E-state index contributed by atoms with van der Waals surface area (Å²) >= 11 is 0. The van der Waals surface area contributed by atoms with Crippen LogP contribution < -0.4 is 4.90 Å². The molecule has 0 spiro atoms. The molecule has 2 heterocycles. The van der Waals surface area contributed by atoms with E-state index in [-0.39, 0.29) is 16.7 Å². The Morgan fingerprint density at radius 3 is 2.41 bits per heavy atom. The zero-order chi connectivity index (χ0) is 22.3. The maximum absolute atomic E-state index is 10.9. The summed E-state index contributed by atoms with van der Waals surface area (Å²) in [6, 6.07) is 17.4. The lowest BCUT2D eigenvalue weighted by Gasteiger charge is -2.39. The molecule has 0 unspecified atom stereocenters. The normalized spacial score (nSPS) is 15.6. The summed E-state index contributed by atoms with van der Waals surface area (Å²) in [5, 5.41) is 23.6. The first-order valence-corrected chi connectivity index (χ1v) is 11.2. The van der Waals surface area contributed by atoms with Gasteiger partial charge >= 0.3 is 0 Å². The fourth-order valence-electron chi connectivity index (χ4n) is 4.31. The molecule has 32 heavy (non-hydrogen) atoms. The van der Waals surface area contributed by atoms with Gasteiger partial charge in [-0.25, -0.2) is 4.68 Å². The summed E-state index contributed by atoms with van der Waals surface area (Å²) in [4.78, 5) is 15.3. The zero-order valence-electron chi connectivity index (χ0n) is 18.4. The van der Waals surface area contributed by atoms with Crippen LogP contribution in [0.4, 0.5) is 11.4 Å². The van der Waals surface area contributed by atoms with Crippen molar-refractivity contribution in [1.82, 2.24) is 25.1 Å². The van der Waals surface area contributed by atoms with Crippen molar-refractivity contribution in [1.29, 1.82) is 0 Å². The Kier molecular flexibility index (Phi) is 7.06. The van der Waals surface area contributed by atoms with Gasteiger partial charge in [0.05, 0.1) is 11.0 Å². The van der Waals surface area contributed by atoms with E-state index in [1.54, 1.807) is 12.1 Å². The predicted octanol–water partition coefficient (Wildman–Crippen LogP) is 3.49. The molecule has 4 rings (SSSR count). The number of aromatic nitrogens is 4. The van der Waals surface area contributed by atoms with Crippen molar-refractivity contribution in [2.45, 2.75) is 38.8 Å². The van der Waals surface area contributed by atoms with E-state index >= 15 is 0 Å². The van der Waals surface area contributed by atoms with E-state index in [2.05, 4.69) is 56.5 Å². The highest BCUT2D eigenvalue weighted by molar-refractivity contribution is 5.51. The third-order valence-electron chi connectivity index (χ3n) is 6.06. The molecule has 9 heteroatoms. The van der Waals surface area contributed by atoms with Crippen molar-refractivity contribution in [3.8, 4) is 0 Å². The number of nitro groups is 1. The number of anilines is 1. The van der Waals surface area contributed by atoms with Crippen molar-refractivity contribution in [3.63, 3.8) is 0 Å². The molecule has 1 aliphatic rings. The molecular formula is C23H29N7O2. The molecule has 9 nitrogen and oxygen atoms in total. The van der Waals surface area contributed by atoms with E-state index in [1.165, 1.54) is 5.56 Å². The summed E-state index contributed by atoms with van der Waals surface area (Å²) in [6.07, 6.45) is 2.95. The highest BCUT2D eigenvalue weighted by Crippen LogP contribution is 2.27. The van der Waals surface area contributed by atoms with Crippen molar-refractivity contribution in [2.75, 3.05) is 31.1 Å². The van der Waals surface area contributed by atoms with Gasteiger partial charge in [0.25, 0.3) is 5.69 Å². The minimum atomic E-state index is -0.362. The number of aryl methyl sites for hydroxylation is 2. The largest absolute Gasteiger partial charge is 0.369 e. The number of hydrogen-bond donors (Lipinski definition) is 0. The fraction of sp³-hybridized carbons (Fsp3) is 0.435. The number of benzene rings is 2. The van der Waals surface area contributed by atoms with Gasteiger partial charge in [-0.1, -0.05) is 43.7 Å². The third-order valence-corrected chi connectivity index (χ3v) is 6.06. The highest BCUT2D eigenvalue weighted by atomic mass is 16.6. The fourth-order valence-corrected chi connectivity index (χ4v) is 4.31. The molecule has 0 radical (unpaired) electrons. The second kappa shape index (κ2) is 10.3. The number of tetrazole rings is 1. The minimum Gasteiger partial charge on any atom is -0.369 e. The molecular weight excluding hydrogens is 406 g/mol. The molecule has 0 saturated carbocycles. The van der Waals surface area contributed by atoms with Gasteiger partial charge in [0, 0.05) is 50.5 Å². The molecule has 1 saturated heterocycles. The average molecular weight is 436 g/mol. The number of rotatable bonds is 9. The van der Waals surface area contributed by atoms with Gasteiger partial charge in [-0.3, -0.25) is 15.0 Å². The van der Waals surface area contributed by atoms with Crippen LogP contribution in [0.15, 0.2) is 54.6 Å². The summed E-state index contributed by atoms with van der Waals surface area (Å²) in [5.41, 5.74) is 2.42. The lowest BCUT2D eigenvalue weighted by Crippen LogP contribution is -2.48. The third kappa shape index (κ3) is 5.11. The maximum Gasteiger partial charge on any atom is 0.269 e. The van der Waals surface area contributed by atoms with E-state index in [9.17, 15) is 10.1 Å². The maximum atomic E-state index is 10.9. The number of nitro benzene ring substituents is 1. The topological polar surface area (TPSA) is 93.2 Å². The Labute approximate surface area is 187 Å². The van der Waals surface area contributed by atoms with Crippen LogP contribution >= 0.6 is 0 Å². The standard InChI is InChI=1S/C23H29N7O2/c1-2-6-22(23-24-25-26-29(23)14-13-19-7-4-3-5-8-19)28-17-15-27(16-18-28)20-9-11-21(12-10-20)30(31)32/h3-5,7-12,22H,2,6,13-18H2,1H3/t22-/m0/s1. The average Bonchev–Trinajstić information content (AvgIpc) is 3.30. The van der Waals surface area contributed by atoms with E-state index in [4.69, 9.17) is 0 Å². The van der Waals surface area contributed by atoms with Crippen molar-refractivity contribution in [3.05, 3.63) is 76.1 Å². The first-order chi connectivity index (χ1) is 15.7. The molecule has 2 aromatic carbocycles. The Balaban J connectivity index is 1.41. The van der Waals surface area contributed by atoms with Crippen molar-refractivity contribution >= 4 is 11.4 Å². The molecule has 0 N–H and O–H groups in total.